The first kappa shape index (κ1) is 21.7. The Bertz CT molecular complexity index is 691. The maximum atomic E-state index is 12.7. The van der Waals surface area contributed by atoms with Crippen molar-refractivity contribution in [2.75, 3.05) is 6.61 Å². The number of carbonyl (C=O) groups excluding carboxylic acids is 2. The van der Waals surface area contributed by atoms with Gasteiger partial charge in [-0.15, -0.1) is 0 Å². The van der Waals surface area contributed by atoms with Crippen LogP contribution >= 0.6 is 0 Å². The Balaban J connectivity index is 2.14. The third-order valence-electron chi connectivity index (χ3n) is 5.04. The molecule has 1 aromatic rings. The lowest BCUT2D eigenvalue weighted by atomic mass is 9.94. The third-order valence-corrected chi connectivity index (χ3v) is 5.04. The molecule has 1 unspecified atom stereocenters. The second kappa shape index (κ2) is 10.7. The molecule has 3 N–H and O–H groups in total. The normalized spacial score (nSPS) is 20.5. The van der Waals surface area contributed by atoms with E-state index >= 15 is 0 Å². The SMILES string of the molecule is CCOc1ccccc1C(CC(=O)N[C@H]1CCCCC[C@H]1C(=O)O)NC(C)=O. The van der Waals surface area contributed by atoms with Gasteiger partial charge < -0.3 is 20.5 Å². The van der Waals surface area contributed by atoms with Crippen LogP contribution in [0.4, 0.5) is 0 Å². The number of nitrogens with one attached hydrogen (secondary N) is 2. The van der Waals surface area contributed by atoms with E-state index in [-0.39, 0.29) is 24.3 Å². The lowest BCUT2D eigenvalue weighted by Crippen LogP contribution is -2.44. The lowest BCUT2D eigenvalue weighted by Gasteiger charge is -2.25. The number of carboxylic acids is 1. The summed E-state index contributed by atoms with van der Waals surface area (Å²) < 4.78 is 5.64. The minimum Gasteiger partial charge on any atom is -0.494 e. The van der Waals surface area contributed by atoms with Crippen molar-refractivity contribution in [3.8, 4) is 5.75 Å². The molecule has 3 atom stereocenters. The van der Waals surface area contributed by atoms with Gasteiger partial charge in [0.25, 0.3) is 0 Å². The number of benzene rings is 1. The minimum atomic E-state index is -0.868. The van der Waals surface area contributed by atoms with E-state index in [1.165, 1.54) is 6.92 Å². The van der Waals surface area contributed by atoms with E-state index in [0.29, 0.717) is 25.2 Å². The molecule has 1 aromatic carbocycles. The molecule has 0 aliphatic heterocycles. The number of para-hydroxylation sites is 1. The molecule has 154 valence electrons. The highest BCUT2D eigenvalue weighted by molar-refractivity contribution is 5.80. The van der Waals surface area contributed by atoms with Crippen LogP contribution in [-0.4, -0.2) is 35.5 Å². The zero-order chi connectivity index (χ0) is 20.5. The van der Waals surface area contributed by atoms with E-state index in [4.69, 9.17) is 4.74 Å². The van der Waals surface area contributed by atoms with E-state index in [2.05, 4.69) is 10.6 Å². The number of amides is 2. The monoisotopic (exact) mass is 390 g/mol. The third kappa shape index (κ3) is 6.25. The first-order valence-electron chi connectivity index (χ1n) is 9.93. The Morgan fingerprint density at radius 2 is 1.89 bits per heavy atom. The van der Waals surface area contributed by atoms with E-state index in [1.54, 1.807) is 6.07 Å². The number of carboxylic acid groups (broad SMARTS) is 1. The molecule has 0 spiro atoms. The van der Waals surface area contributed by atoms with Gasteiger partial charge in [0.2, 0.25) is 11.8 Å². The number of hydrogen-bond acceptors (Lipinski definition) is 4. The summed E-state index contributed by atoms with van der Waals surface area (Å²) in [5, 5.41) is 15.2. The Hall–Kier alpha value is -2.57. The molecule has 0 aromatic heterocycles. The van der Waals surface area contributed by atoms with Gasteiger partial charge in [-0.25, -0.2) is 0 Å². The van der Waals surface area contributed by atoms with Crippen LogP contribution in [0.3, 0.4) is 0 Å². The van der Waals surface area contributed by atoms with Crippen LogP contribution in [0.1, 0.15) is 64.0 Å². The first-order chi connectivity index (χ1) is 13.4. The predicted molar refractivity (Wildman–Crippen MR) is 105 cm³/mol. The van der Waals surface area contributed by atoms with Crippen molar-refractivity contribution < 1.29 is 24.2 Å². The topological polar surface area (TPSA) is 105 Å². The molecule has 28 heavy (non-hydrogen) atoms. The van der Waals surface area contributed by atoms with Gasteiger partial charge in [0.05, 0.1) is 25.0 Å². The summed E-state index contributed by atoms with van der Waals surface area (Å²) in [6.45, 7) is 3.74. The van der Waals surface area contributed by atoms with Gasteiger partial charge in [-0.1, -0.05) is 37.5 Å². The number of hydrogen-bond donors (Lipinski definition) is 3. The fraction of sp³-hybridized carbons (Fsp3) is 0.571. The Kier molecular flexibility index (Phi) is 8.29. The summed E-state index contributed by atoms with van der Waals surface area (Å²) in [6.07, 6.45) is 3.99. The quantitative estimate of drug-likeness (QED) is 0.592. The van der Waals surface area contributed by atoms with Crippen LogP contribution in [0, 0.1) is 5.92 Å². The fourth-order valence-corrected chi connectivity index (χ4v) is 3.77. The average Bonchev–Trinajstić information content (AvgIpc) is 2.87. The van der Waals surface area contributed by atoms with E-state index < -0.39 is 17.9 Å². The average molecular weight is 390 g/mol. The van der Waals surface area contributed by atoms with Crippen LogP contribution in [0.15, 0.2) is 24.3 Å². The van der Waals surface area contributed by atoms with Gasteiger partial charge in [0, 0.05) is 18.5 Å². The molecule has 1 saturated carbocycles. The van der Waals surface area contributed by atoms with Gasteiger partial charge in [-0.2, -0.15) is 0 Å². The first-order valence-corrected chi connectivity index (χ1v) is 9.93. The van der Waals surface area contributed by atoms with E-state index in [1.807, 2.05) is 25.1 Å². The second-order valence-electron chi connectivity index (χ2n) is 7.18. The van der Waals surface area contributed by atoms with Gasteiger partial charge in [0.15, 0.2) is 0 Å². The van der Waals surface area contributed by atoms with Gasteiger partial charge in [-0.05, 0) is 25.8 Å². The highest BCUT2D eigenvalue weighted by Crippen LogP contribution is 2.28. The maximum absolute atomic E-state index is 12.7. The molecule has 1 fully saturated rings. The van der Waals surface area contributed by atoms with Crippen molar-refractivity contribution in [1.82, 2.24) is 10.6 Å². The van der Waals surface area contributed by atoms with Crippen molar-refractivity contribution in [3.05, 3.63) is 29.8 Å². The summed E-state index contributed by atoms with van der Waals surface area (Å²) in [6, 6.07) is 6.36. The molecule has 0 heterocycles. The van der Waals surface area contributed by atoms with Crippen molar-refractivity contribution in [2.24, 2.45) is 5.92 Å². The molecule has 0 radical (unpaired) electrons. The molecule has 0 bridgehead atoms. The molecule has 7 nitrogen and oxygen atoms in total. The zero-order valence-electron chi connectivity index (χ0n) is 16.6. The summed E-state index contributed by atoms with van der Waals surface area (Å²) in [4.78, 5) is 36.0. The van der Waals surface area contributed by atoms with E-state index in [0.717, 1.165) is 24.8 Å². The summed E-state index contributed by atoms with van der Waals surface area (Å²) in [5.41, 5.74) is 0.727. The van der Waals surface area contributed by atoms with Gasteiger partial charge in [-0.3, -0.25) is 14.4 Å². The molecule has 1 aliphatic rings. The minimum absolute atomic E-state index is 0.0203. The standard InChI is InChI=1S/C21H30N2O5/c1-3-28-19-12-8-7-9-15(19)18(22-14(2)24)13-20(25)23-17-11-6-4-5-10-16(17)21(26)27/h7-9,12,16-18H,3-6,10-11,13H2,1-2H3,(H,22,24)(H,23,25)(H,26,27)/t16-,17+,18?/m1/s1. The van der Waals surface area contributed by atoms with E-state index in [9.17, 15) is 19.5 Å². The summed E-state index contributed by atoms with van der Waals surface area (Å²) in [5.74, 6) is -1.34. The highest BCUT2D eigenvalue weighted by atomic mass is 16.5. The van der Waals surface area contributed by atoms with Crippen molar-refractivity contribution >= 4 is 17.8 Å². The van der Waals surface area contributed by atoms with Crippen LogP contribution in [0.25, 0.3) is 0 Å². The second-order valence-corrected chi connectivity index (χ2v) is 7.18. The number of aliphatic carboxylic acids is 1. The summed E-state index contributed by atoms with van der Waals surface area (Å²) >= 11 is 0. The van der Waals surface area contributed by atoms with Crippen molar-refractivity contribution in [1.29, 1.82) is 0 Å². The molecule has 7 heteroatoms. The number of rotatable bonds is 8. The van der Waals surface area contributed by atoms with Crippen molar-refractivity contribution in [3.63, 3.8) is 0 Å². The number of ether oxygens (including phenoxy) is 1. The molecular formula is C21H30N2O5. The largest absolute Gasteiger partial charge is 0.494 e. The maximum Gasteiger partial charge on any atom is 0.308 e. The zero-order valence-corrected chi connectivity index (χ0v) is 16.6. The molecular weight excluding hydrogens is 360 g/mol. The van der Waals surface area contributed by atoms with Crippen LogP contribution in [0.2, 0.25) is 0 Å². The Morgan fingerprint density at radius 1 is 1.18 bits per heavy atom. The van der Waals surface area contributed by atoms with Gasteiger partial charge in [0.1, 0.15) is 5.75 Å². The van der Waals surface area contributed by atoms with Crippen LogP contribution in [-0.2, 0) is 14.4 Å². The molecule has 2 rings (SSSR count). The predicted octanol–water partition coefficient (Wildman–Crippen LogP) is 2.80. The Morgan fingerprint density at radius 3 is 2.57 bits per heavy atom. The Labute approximate surface area is 165 Å². The van der Waals surface area contributed by atoms with Crippen LogP contribution in [0.5, 0.6) is 5.75 Å². The molecule has 1 aliphatic carbocycles. The molecule has 2 amide bonds. The fourth-order valence-electron chi connectivity index (χ4n) is 3.77. The lowest BCUT2D eigenvalue weighted by molar-refractivity contribution is -0.143. The molecule has 0 saturated heterocycles. The van der Waals surface area contributed by atoms with Crippen molar-refractivity contribution in [2.45, 2.75) is 64.5 Å². The summed E-state index contributed by atoms with van der Waals surface area (Å²) in [7, 11) is 0. The number of carbonyl (C=O) groups is 3. The van der Waals surface area contributed by atoms with Gasteiger partial charge >= 0.3 is 5.97 Å². The smallest absolute Gasteiger partial charge is 0.308 e. The highest BCUT2D eigenvalue weighted by Gasteiger charge is 2.31. The van der Waals surface area contributed by atoms with Crippen LogP contribution < -0.4 is 15.4 Å².